The number of nitrogens with zero attached hydrogens (tertiary/aromatic N) is 2. The number of carbonyl (C=O) groups excluding carboxylic acids is 1. The number of esters is 1. The molecule has 170 valence electrons. The summed E-state index contributed by atoms with van der Waals surface area (Å²) in [6, 6.07) is 1.93. The highest BCUT2D eigenvalue weighted by atomic mass is 35.5. The van der Waals surface area contributed by atoms with Gasteiger partial charge in [-0.15, -0.1) is 0 Å². The van der Waals surface area contributed by atoms with Gasteiger partial charge >= 0.3 is 12.1 Å². The molecule has 13 heteroatoms. The van der Waals surface area contributed by atoms with Crippen LogP contribution in [0.4, 0.5) is 23.2 Å². The van der Waals surface area contributed by atoms with E-state index >= 15 is 0 Å². The number of carbonyl (C=O) groups is 1. The number of anilines is 1. The van der Waals surface area contributed by atoms with Crippen LogP contribution in [0.2, 0.25) is 5.02 Å². The topological polar surface area (TPSA) is 104 Å². The molecule has 0 amide bonds. The predicted molar refractivity (Wildman–Crippen MR) is 100 cm³/mol. The summed E-state index contributed by atoms with van der Waals surface area (Å²) in [5, 5.41) is 25.6. The summed E-state index contributed by atoms with van der Waals surface area (Å²) in [5.41, 5.74) is -3.05. The summed E-state index contributed by atoms with van der Waals surface area (Å²) >= 11 is 6.10. The lowest BCUT2D eigenvalue weighted by Gasteiger charge is -2.38. The molecule has 8 nitrogen and oxygen atoms in total. The van der Waals surface area contributed by atoms with Crippen LogP contribution in [0.15, 0.2) is 29.1 Å². The van der Waals surface area contributed by atoms with Crippen molar-refractivity contribution in [3.8, 4) is 0 Å². The molecule has 0 aromatic heterocycles. The number of halogens is 5. The van der Waals surface area contributed by atoms with E-state index in [4.69, 9.17) is 21.2 Å². The van der Waals surface area contributed by atoms with Crippen molar-refractivity contribution in [2.24, 2.45) is 5.16 Å². The van der Waals surface area contributed by atoms with Gasteiger partial charge in [0, 0.05) is 12.0 Å². The van der Waals surface area contributed by atoms with E-state index < -0.39 is 47.5 Å². The van der Waals surface area contributed by atoms with Crippen LogP contribution in [0.5, 0.6) is 0 Å². The highest BCUT2D eigenvalue weighted by Crippen LogP contribution is 2.36. The molecule has 0 saturated heterocycles. The Morgan fingerprint density at radius 1 is 1.45 bits per heavy atom. The van der Waals surface area contributed by atoms with Crippen molar-refractivity contribution in [1.82, 2.24) is 5.32 Å². The number of aliphatic hydroxyl groups excluding tert-OH is 2. The Balaban J connectivity index is 1.95. The molecule has 0 spiro atoms. The molecule has 3 N–H and O–H groups in total. The molecule has 0 bridgehead atoms. The van der Waals surface area contributed by atoms with Crippen molar-refractivity contribution < 1.29 is 42.1 Å². The number of benzene rings is 1. The molecule has 0 radical (unpaired) electrons. The number of oxime groups is 1. The van der Waals surface area contributed by atoms with Crippen LogP contribution in [0.25, 0.3) is 0 Å². The van der Waals surface area contributed by atoms with Crippen molar-refractivity contribution >= 4 is 29.0 Å². The summed E-state index contributed by atoms with van der Waals surface area (Å²) in [7, 11) is 0. The summed E-state index contributed by atoms with van der Waals surface area (Å²) in [6.45, 7) is 3.16. The third-order valence-electron chi connectivity index (χ3n) is 4.65. The molecule has 3 unspecified atom stereocenters. The summed E-state index contributed by atoms with van der Waals surface area (Å²) in [5.74, 6) is -1.70. The molecular weight excluding hydrogens is 450 g/mol. The zero-order valence-electron chi connectivity index (χ0n) is 16.2. The molecule has 31 heavy (non-hydrogen) atoms. The van der Waals surface area contributed by atoms with E-state index in [9.17, 15) is 32.6 Å². The first-order chi connectivity index (χ1) is 14.4. The fraction of sp³-hybridized carbons (Fsp3) is 0.444. The monoisotopic (exact) mass is 467 g/mol. The van der Waals surface area contributed by atoms with Crippen molar-refractivity contribution in [3.63, 3.8) is 0 Å². The number of alkyl halides is 3. The van der Waals surface area contributed by atoms with Gasteiger partial charge in [-0.25, -0.2) is 9.18 Å². The number of ether oxygens (including phenoxy) is 1. The number of nitrogens with one attached hydrogen (secondary N) is 1. The molecule has 3 atom stereocenters. The van der Waals surface area contributed by atoms with Gasteiger partial charge < -0.3 is 25.1 Å². The Morgan fingerprint density at radius 3 is 2.71 bits per heavy atom. The van der Waals surface area contributed by atoms with Crippen LogP contribution in [0.1, 0.15) is 25.8 Å². The minimum absolute atomic E-state index is 0.0852. The quantitative estimate of drug-likeness (QED) is 0.461. The Labute approximate surface area is 178 Å². The van der Waals surface area contributed by atoms with Gasteiger partial charge in [-0.1, -0.05) is 16.8 Å². The van der Waals surface area contributed by atoms with Crippen molar-refractivity contribution in [2.75, 3.05) is 11.5 Å². The van der Waals surface area contributed by atoms with Crippen LogP contribution in [-0.4, -0.2) is 52.9 Å². The SMILES string of the molecule is CCOC(=O)C1(C)CC(c2cc(N3C(O)C=C(C(F)(F)F)NC3O)c(F)cc2Cl)=NO1. The van der Waals surface area contributed by atoms with Gasteiger partial charge in [0.25, 0.3) is 0 Å². The second kappa shape index (κ2) is 8.17. The third-order valence-corrected chi connectivity index (χ3v) is 4.96. The van der Waals surface area contributed by atoms with E-state index in [0.717, 1.165) is 12.1 Å². The largest absolute Gasteiger partial charge is 0.463 e. The molecule has 3 rings (SSSR count). The van der Waals surface area contributed by atoms with Crippen LogP contribution < -0.4 is 10.2 Å². The fourth-order valence-electron chi connectivity index (χ4n) is 3.12. The summed E-state index contributed by atoms with van der Waals surface area (Å²) in [4.78, 5) is 17.9. The van der Waals surface area contributed by atoms with Gasteiger partial charge in [0.1, 0.15) is 11.5 Å². The third kappa shape index (κ3) is 4.41. The lowest BCUT2D eigenvalue weighted by Crippen LogP contribution is -2.56. The standard InChI is InChI=1S/C18H18ClF4N3O5/c1-3-30-15(28)17(2)7-11(25-31-17)8-4-12(10(20)5-9(8)19)26-14(27)6-13(18(21,22)23)24-16(26)29/h4-6,14,16,24,27,29H,3,7H2,1-2H3. The Kier molecular flexibility index (Phi) is 6.09. The molecule has 0 saturated carbocycles. The Bertz CT molecular complexity index is 955. The van der Waals surface area contributed by atoms with Crippen molar-refractivity contribution in [1.29, 1.82) is 0 Å². The second-order valence-electron chi connectivity index (χ2n) is 6.96. The summed E-state index contributed by atoms with van der Waals surface area (Å²) in [6.07, 6.45) is -8.67. The Morgan fingerprint density at radius 2 is 2.13 bits per heavy atom. The van der Waals surface area contributed by atoms with Gasteiger partial charge in [-0.05, 0) is 32.1 Å². The molecular formula is C18H18ClF4N3O5. The average Bonchev–Trinajstić information content (AvgIpc) is 3.05. The molecule has 0 aliphatic carbocycles. The van der Waals surface area contributed by atoms with Crippen LogP contribution >= 0.6 is 11.6 Å². The lowest BCUT2D eigenvalue weighted by molar-refractivity contribution is -0.166. The van der Waals surface area contributed by atoms with Gasteiger partial charge in [0.15, 0.2) is 6.23 Å². The first-order valence-corrected chi connectivity index (χ1v) is 9.37. The molecule has 0 fully saturated rings. The molecule has 2 aliphatic rings. The van der Waals surface area contributed by atoms with Gasteiger partial charge in [-0.2, -0.15) is 13.2 Å². The van der Waals surface area contributed by atoms with Crippen LogP contribution in [-0.2, 0) is 14.4 Å². The zero-order valence-corrected chi connectivity index (χ0v) is 17.0. The van der Waals surface area contributed by atoms with Crippen LogP contribution in [0.3, 0.4) is 0 Å². The maximum atomic E-state index is 14.6. The Hall–Kier alpha value is -2.57. The number of aliphatic hydroxyl groups is 2. The number of hydrogen-bond donors (Lipinski definition) is 3. The second-order valence-corrected chi connectivity index (χ2v) is 7.37. The van der Waals surface area contributed by atoms with Gasteiger partial charge in [0.2, 0.25) is 12.0 Å². The number of allylic oxidation sites excluding steroid dienone is 1. The fourth-order valence-corrected chi connectivity index (χ4v) is 3.37. The lowest BCUT2D eigenvalue weighted by atomic mass is 9.95. The minimum Gasteiger partial charge on any atom is -0.463 e. The highest BCUT2D eigenvalue weighted by Gasteiger charge is 2.45. The van der Waals surface area contributed by atoms with Crippen molar-refractivity contribution in [3.05, 3.63) is 40.3 Å². The van der Waals surface area contributed by atoms with E-state index in [1.165, 1.54) is 6.92 Å². The number of hydrogen-bond acceptors (Lipinski definition) is 8. The van der Waals surface area contributed by atoms with E-state index in [1.807, 2.05) is 0 Å². The first-order valence-electron chi connectivity index (χ1n) is 8.99. The molecule has 2 aliphatic heterocycles. The highest BCUT2D eigenvalue weighted by molar-refractivity contribution is 6.34. The van der Waals surface area contributed by atoms with Crippen molar-refractivity contribution in [2.45, 2.75) is 44.6 Å². The predicted octanol–water partition coefficient (Wildman–Crippen LogP) is 2.38. The smallest absolute Gasteiger partial charge is 0.430 e. The molecule has 1 aromatic rings. The van der Waals surface area contributed by atoms with E-state index in [1.54, 1.807) is 12.2 Å². The van der Waals surface area contributed by atoms with E-state index in [0.29, 0.717) is 11.0 Å². The maximum absolute atomic E-state index is 14.6. The summed E-state index contributed by atoms with van der Waals surface area (Å²) < 4.78 is 58.2. The first kappa shape index (κ1) is 23.1. The van der Waals surface area contributed by atoms with E-state index in [-0.39, 0.29) is 29.3 Å². The van der Waals surface area contributed by atoms with Crippen LogP contribution in [0, 0.1) is 5.82 Å². The number of rotatable bonds is 4. The maximum Gasteiger partial charge on any atom is 0.430 e. The van der Waals surface area contributed by atoms with E-state index in [2.05, 4.69) is 5.16 Å². The van der Waals surface area contributed by atoms with Gasteiger partial charge in [0.05, 0.1) is 23.0 Å². The minimum atomic E-state index is -4.86. The normalized spacial score (nSPS) is 26.0. The average molecular weight is 468 g/mol. The zero-order chi connectivity index (χ0) is 23.1. The van der Waals surface area contributed by atoms with Gasteiger partial charge in [-0.3, -0.25) is 4.90 Å². The molecule has 1 aromatic carbocycles. The molecule has 2 heterocycles.